The molecule has 0 saturated heterocycles. The lowest BCUT2D eigenvalue weighted by Crippen LogP contribution is -2.51. The third-order valence-electron chi connectivity index (χ3n) is 3.59. The lowest BCUT2D eigenvalue weighted by atomic mass is 9.95. The Morgan fingerprint density at radius 1 is 1.47 bits per heavy atom. The Balaban J connectivity index is 2.78. The smallest absolute Gasteiger partial charge is 0.0534 e. The minimum atomic E-state index is 0.0891. The van der Waals surface area contributed by atoms with Gasteiger partial charge in [-0.1, -0.05) is 13.8 Å². The summed E-state index contributed by atoms with van der Waals surface area (Å²) in [4.78, 5) is 2.48. The minimum absolute atomic E-state index is 0.0891. The molecular weight excluding hydrogens is 212 g/mol. The summed E-state index contributed by atoms with van der Waals surface area (Å²) in [5, 5.41) is 4.22. The van der Waals surface area contributed by atoms with E-state index in [1.54, 1.807) is 0 Å². The van der Waals surface area contributed by atoms with Crippen LogP contribution in [0.25, 0.3) is 0 Å². The molecule has 0 radical (unpaired) electrons. The van der Waals surface area contributed by atoms with Crippen molar-refractivity contribution in [2.75, 3.05) is 13.1 Å². The van der Waals surface area contributed by atoms with Crippen LogP contribution in [0, 0.1) is 0 Å². The maximum absolute atomic E-state index is 5.95. The van der Waals surface area contributed by atoms with E-state index >= 15 is 0 Å². The summed E-state index contributed by atoms with van der Waals surface area (Å²) in [5.74, 6) is 0. The summed E-state index contributed by atoms with van der Waals surface area (Å²) < 4.78 is 1.85. The molecule has 4 heteroatoms. The predicted octanol–water partition coefficient (Wildman–Crippen LogP) is 1.76. The SMILES string of the molecule is CCCN(Cc1cnn(C)c1)C(C)(CC)CN. The van der Waals surface area contributed by atoms with E-state index in [1.165, 1.54) is 5.56 Å². The average molecular weight is 238 g/mol. The fourth-order valence-electron chi connectivity index (χ4n) is 2.08. The first kappa shape index (κ1) is 14.2. The van der Waals surface area contributed by atoms with Crippen LogP contribution < -0.4 is 5.73 Å². The van der Waals surface area contributed by atoms with Gasteiger partial charge < -0.3 is 5.73 Å². The van der Waals surface area contributed by atoms with Crippen LogP contribution in [0.15, 0.2) is 12.4 Å². The normalized spacial score (nSPS) is 15.2. The van der Waals surface area contributed by atoms with Gasteiger partial charge in [0.05, 0.1) is 6.20 Å². The molecular formula is C13H26N4. The molecule has 0 saturated carbocycles. The van der Waals surface area contributed by atoms with Gasteiger partial charge in [-0.2, -0.15) is 5.10 Å². The molecule has 0 amide bonds. The zero-order valence-corrected chi connectivity index (χ0v) is 11.6. The van der Waals surface area contributed by atoms with Crippen LogP contribution in [0.4, 0.5) is 0 Å². The zero-order valence-electron chi connectivity index (χ0n) is 11.6. The highest BCUT2D eigenvalue weighted by Gasteiger charge is 2.28. The maximum Gasteiger partial charge on any atom is 0.0534 e. The second-order valence-corrected chi connectivity index (χ2v) is 5.00. The van der Waals surface area contributed by atoms with Crippen LogP contribution in [0.1, 0.15) is 39.2 Å². The largest absolute Gasteiger partial charge is 0.329 e. The molecule has 0 bridgehead atoms. The molecule has 2 N–H and O–H groups in total. The van der Waals surface area contributed by atoms with Crippen molar-refractivity contribution in [3.63, 3.8) is 0 Å². The highest BCUT2D eigenvalue weighted by Crippen LogP contribution is 2.21. The minimum Gasteiger partial charge on any atom is -0.329 e. The number of hydrogen-bond acceptors (Lipinski definition) is 3. The number of hydrogen-bond donors (Lipinski definition) is 1. The average Bonchev–Trinajstić information content (AvgIpc) is 2.73. The van der Waals surface area contributed by atoms with Crippen molar-refractivity contribution >= 4 is 0 Å². The van der Waals surface area contributed by atoms with Gasteiger partial charge in [0, 0.05) is 37.4 Å². The predicted molar refractivity (Wildman–Crippen MR) is 71.7 cm³/mol. The summed E-state index contributed by atoms with van der Waals surface area (Å²) in [6.45, 7) is 9.38. The Kier molecular flexibility index (Phi) is 5.15. The van der Waals surface area contributed by atoms with Gasteiger partial charge in [-0.05, 0) is 26.3 Å². The van der Waals surface area contributed by atoms with E-state index in [-0.39, 0.29) is 5.54 Å². The molecule has 0 aliphatic rings. The molecule has 1 rings (SSSR count). The first-order valence-corrected chi connectivity index (χ1v) is 6.48. The first-order chi connectivity index (χ1) is 8.05. The molecule has 98 valence electrons. The summed E-state index contributed by atoms with van der Waals surface area (Å²) in [6, 6.07) is 0. The van der Waals surface area contributed by atoms with Gasteiger partial charge in [-0.25, -0.2) is 0 Å². The third-order valence-corrected chi connectivity index (χ3v) is 3.59. The molecule has 1 unspecified atom stereocenters. The first-order valence-electron chi connectivity index (χ1n) is 6.48. The van der Waals surface area contributed by atoms with Gasteiger partial charge in [0.15, 0.2) is 0 Å². The van der Waals surface area contributed by atoms with E-state index in [2.05, 4.69) is 37.0 Å². The van der Waals surface area contributed by atoms with Crippen LogP contribution in [-0.2, 0) is 13.6 Å². The van der Waals surface area contributed by atoms with Crippen LogP contribution in [0.2, 0.25) is 0 Å². The van der Waals surface area contributed by atoms with Crippen molar-refractivity contribution < 1.29 is 0 Å². The molecule has 1 aromatic rings. The van der Waals surface area contributed by atoms with Gasteiger partial charge in [-0.15, -0.1) is 0 Å². The third kappa shape index (κ3) is 3.54. The molecule has 4 nitrogen and oxygen atoms in total. The van der Waals surface area contributed by atoms with Crippen LogP contribution >= 0.6 is 0 Å². The van der Waals surface area contributed by atoms with E-state index in [0.717, 1.165) is 25.9 Å². The second kappa shape index (κ2) is 6.17. The number of rotatable bonds is 7. The lowest BCUT2D eigenvalue weighted by Gasteiger charge is -2.40. The topological polar surface area (TPSA) is 47.1 Å². The highest BCUT2D eigenvalue weighted by atomic mass is 15.3. The number of nitrogens with two attached hydrogens (primary N) is 1. The van der Waals surface area contributed by atoms with Gasteiger partial charge in [0.2, 0.25) is 0 Å². The molecule has 1 atom stereocenters. The summed E-state index contributed by atoms with van der Waals surface area (Å²) >= 11 is 0. The van der Waals surface area contributed by atoms with Gasteiger partial charge in [0.1, 0.15) is 0 Å². The van der Waals surface area contributed by atoms with E-state index in [4.69, 9.17) is 5.73 Å². The number of aromatic nitrogens is 2. The Morgan fingerprint density at radius 2 is 2.18 bits per heavy atom. The maximum atomic E-state index is 5.95. The molecule has 0 aliphatic heterocycles. The Morgan fingerprint density at radius 3 is 2.59 bits per heavy atom. The Labute approximate surface area is 105 Å². The van der Waals surface area contributed by atoms with Crippen LogP contribution in [0.3, 0.4) is 0 Å². The highest BCUT2D eigenvalue weighted by molar-refractivity contribution is 5.05. The summed E-state index contributed by atoms with van der Waals surface area (Å²) in [5.41, 5.74) is 7.29. The molecule has 1 heterocycles. The fraction of sp³-hybridized carbons (Fsp3) is 0.769. The number of nitrogens with zero attached hydrogens (tertiary/aromatic N) is 3. The van der Waals surface area contributed by atoms with Crippen molar-refractivity contribution in [3.8, 4) is 0 Å². The molecule has 0 aromatic carbocycles. The van der Waals surface area contributed by atoms with Gasteiger partial charge in [-0.3, -0.25) is 9.58 Å². The fourth-order valence-corrected chi connectivity index (χ4v) is 2.08. The zero-order chi connectivity index (χ0) is 12.9. The van der Waals surface area contributed by atoms with Crippen molar-refractivity contribution in [1.29, 1.82) is 0 Å². The monoisotopic (exact) mass is 238 g/mol. The quantitative estimate of drug-likeness (QED) is 0.787. The molecule has 0 fully saturated rings. The lowest BCUT2D eigenvalue weighted by molar-refractivity contribution is 0.0972. The van der Waals surface area contributed by atoms with E-state index in [0.29, 0.717) is 6.54 Å². The summed E-state index contributed by atoms with van der Waals surface area (Å²) in [7, 11) is 1.95. The second-order valence-electron chi connectivity index (χ2n) is 5.00. The van der Waals surface area contributed by atoms with Crippen LogP contribution in [-0.4, -0.2) is 33.3 Å². The Bertz CT molecular complexity index is 328. The van der Waals surface area contributed by atoms with E-state index in [9.17, 15) is 0 Å². The molecule has 0 aliphatic carbocycles. The molecule has 0 spiro atoms. The molecule has 1 aromatic heterocycles. The standard InChI is InChI=1S/C13H26N4/c1-5-7-17(13(3,6-2)11-14)10-12-8-15-16(4)9-12/h8-9H,5-7,10-11,14H2,1-4H3. The van der Waals surface area contributed by atoms with E-state index < -0.39 is 0 Å². The molecule has 17 heavy (non-hydrogen) atoms. The Hall–Kier alpha value is -0.870. The van der Waals surface area contributed by atoms with Crippen molar-refractivity contribution in [3.05, 3.63) is 18.0 Å². The van der Waals surface area contributed by atoms with Crippen LogP contribution in [0.5, 0.6) is 0 Å². The summed E-state index contributed by atoms with van der Waals surface area (Å²) in [6.07, 6.45) is 6.24. The van der Waals surface area contributed by atoms with Crippen molar-refractivity contribution in [1.82, 2.24) is 14.7 Å². The van der Waals surface area contributed by atoms with Gasteiger partial charge in [0.25, 0.3) is 0 Å². The van der Waals surface area contributed by atoms with Gasteiger partial charge >= 0.3 is 0 Å². The van der Waals surface area contributed by atoms with Crippen molar-refractivity contribution in [2.45, 2.75) is 45.7 Å². The number of aryl methyl sites for hydroxylation is 1. The van der Waals surface area contributed by atoms with Crippen molar-refractivity contribution in [2.24, 2.45) is 12.8 Å². The van der Waals surface area contributed by atoms with E-state index in [1.807, 2.05) is 17.9 Å².